The summed E-state index contributed by atoms with van der Waals surface area (Å²) in [5.41, 5.74) is 1.37. The Hall–Kier alpha value is -3.40. The summed E-state index contributed by atoms with van der Waals surface area (Å²) >= 11 is 0. The molecule has 0 unspecified atom stereocenters. The number of carbonyl (C=O) groups is 2. The van der Waals surface area contributed by atoms with Crippen LogP contribution in [0.5, 0.6) is 5.75 Å². The zero-order valence-corrected chi connectivity index (χ0v) is 12.7. The smallest absolute Gasteiger partial charge is 0.379 e. The molecule has 4 heteroatoms. The molecule has 1 aromatic heterocycles. The number of allylic oxidation sites excluding steroid dienone is 1. The summed E-state index contributed by atoms with van der Waals surface area (Å²) in [6, 6.07) is 19.1. The molecule has 0 aliphatic rings. The minimum atomic E-state index is -0.568. The standard InChI is InChI=1S/C20H14O4/c21-18(16-7-2-1-3-8-16)12-11-15-6-4-9-17(14-15)24-20(22)19-10-5-13-23-19/h1-14H. The molecule has 0 atom stereocenters. The summed E-state index contributed by atoms with van der Waals surface area (Å²) in [6.07, 6.45) is 4.58. The number of rotatable bonds is 5. The Morgan fingerprint density at radius 3 is 2.50 bits per heavy atom. The maximum Gasteiger partial charge on any atom is 0.379 e. The molecular formula is C20H14O4. The van der Waals surface area contributed by atoms with E-state index < -0.39 is 5.97 Å². The number of benzene rings is 2. The molecule has 2 aromatic carbocycles. The van der Waals surface area contributed by atoms with Gasteiger partial charge in [-0.05, 0) is 35.9 Å². The molecule has 3 aromatic rings. The van der Waals surface area contributed by atoms with Crippen molar-refractivity contribution < 1.29 is 18.7 Å². The van der Waals surface area contributed by atoms with E-state index in [2.05, 4.69) is 0 Å². The number of esters is 1. The topological polar surface area (TPSA) is 56.5 Å². The highest BCUT2D eigenvalue weighted by Crippen LogP contribution is 2.17. The van der Waals surface area contributed by atoms with Gasteiger partial charge in [-0.25, -0.2) is 4.79 Å². The molecule has 3 rings (SSSR count). The fourth-order valence-electron chi connectivity index (χ4n) is 2.10. The van der Waals surface area contributed by atoms with Crippen molar-refractivity contribution in [1.29, 1.82) is 0 Å². The van der Waals surface area contributed by atoms with Gasteiger partial charge in [-0.2, -0.15) is 0 Å². The van der Waals surface area contributed by atoms with Gasteiger partial charge in [0.1, 0.15) is 5.75 Å². The molecule has 0 saturated carbocycles. The first-order valence-corrected chi connectivity index (χ1v) is 7.35. The van der Waals surface area contributed by atoms with E-state index in [1.165, 1.54) is 18.4 Å². The zero-order chi connectivity index (χ0) is 16.8. The van der Waals surface area contributed by atoms with E-state index in [0.717, 1.165) is 5.56 Å². The lowest BCUT2D eigenvalue weighted by Gasteiger charge is -2.03. The van der Waals surface area contributed by atoms with E-state index in [1.54, 1.807) is 42.5 Å². The molecule has 0 bridgehead atoms. The fourth-order valence-corrected chi connectivity index (χ4v) is 2.10. The molecule has 0 amide bonds. The first-order chi connectivity index (χ1) is 11.7. The maximum absolute atomic E-state index is 12.1. The van der Waals surface area contributed by atoms with E-state index >= 15 is 0 Å². The Kier molecular flexibility index (Phi) is 4.68. The second-order valence-electron chi connectivity index (χ2n) is 5.00. The van der Waals surface area contributed by atoms with Crippen molar-refractivity contribution in [2.45, 2.75) is 0 Å². The third-order valence-corrected chi connectivity index (χ3v) is 3.28. The Morgan fingerprint density at radius 1 is 0.917 bits per heavy atom. The van der Waals surface area contributed by atoms with Crippen LogP contribution < -0.4 is 4.74 Å². The summed E-state index contributed by atoms with van der Waals surface area (Å²) in [5, 5.41) is 0. The van der Waals surface area contributed by atoms with Gasteiger partial charge in [-0.1, -0.05) is 48.5 Å². The van der Waals surface area contributed by atoms with Crippen LogP contribution in [0.25, 0.3) is 6.08 Å². The summed E-state index contributed by atoms with van der Waals surface area (Å²) in [5.74, 6) is -0.143. The van der Waals surface area contributed by atoms with Crippen LogP contribution in [0.2, 0.25) is 0 Å². The Bertz CT molecular complexity index is 862. The second kappa shape index (κ2) is 7.24. The maximum atomic E-state index is 12.1. The van der Waals surface area contributed by atoms with Gasteiger partial charge in [0, 0.05) is 5.56 Å². The summed E-state index contributed by atoms with van der Waals surface area (Å²) in [4.78, 5) is 23.9. The number of hydrogen-bond donors (Lipinski definition) is 0. The Morgan fingerprint density at radius 2 is 1.75 bits per heavy atom. The quantitative estimate of drug-likeness (QED) is 0.303. The van der Waals surface area contributed by atoms with Crippen LogP contribution in [0.3, 0.4) is 0 Å². The lowest BCUT2D eigenvalue weighted by atomic mass is 10.1. The predicted octanol–water partition coefficient (Wildman–Crippen LogP) is 4.39. The van der Waals surface area contributed by atoms with Crippen molar-refractivity contribution >= 4 is 17.8 Å². The molecule has 0 fully saturated rings. The average Bonchev–Trinajstić information content (AvgIpc) is 3.15. The molecule has 0 aliphatic heterocycles. The van der Waals surface area contributed by atoms with E-state index in [-0.39, 0.29) is 11.5 Å². The molecule has 1 heterocycles. The van der Waals surface area contributed by atoms with Gasteiger partial charge in [0.25, 0.3) is 0 Å². The summed E-state index contributed by atoms with van der Waals surface area (Å²) in [6.45, 7) is 0. The van der Waals surface area contributed by atoms with E-state index in [0.29, 0.717) is 11.3 Å². The first-order valence-electron chi connectivity index (χ1n) is 7.35. The number of ether oxygens (including phenoxy) is 1. The highest BCUT2D eigenvalue weighted by atomic mass is 16.5. The van der Waals surface area contributed by atoms with Gasteiger partial charge in [-0.15, -0.1) is 0 Å². The van der Waals surface area contributed by atoms with Crippen molar-refractivity contribution in [1.82, 2.24) is 0 Å². The number of furan rings is 1. The lowest BCUT2D eigenvalue weighted by molar-refractivity contribution is 0.0701. The minimum Gasteiger partial charge on any atom is -0.457 e. The van der Waals surface area contributed by atoms with Crippen molar-refractivity contribution in [2.24, 2.45) is 0 Å². The first kappa shape index (κ1) is 15.5. The van der Waals surface area contributed by atoms with E-state index in [4.69, 9.17) is 9.15 Å². The average molecular weight is 318 g/mol. The molecule has 4 nitrogen and oxygen atoms in total. The van der Waals surface area contributed by atoms with Crippen molar-refractivity contribution in [3.05, 3.63) is 96.0 Å². The Balaban J connectivity index is 1.70. The van der Waals surface area contributed by atoms with Gasteiger partial charge in [0.15, 0.2) is 5.78 Å². The predicted molar refractivity (Wildman–Crippen MR) is 89.9 cm³/mol. The number of hydrogen-bond acceptors (Lipinski definition) is 4. The molecule has 0 spiro atoms. The van der Waals surface area contributed by atoms with E-state index in [9.17, 15) is 9.59 Å². The third-order valence-electron chi connectivity index (χ3n) is 3.28. The van der Waals surface area contributed by atoms with Crippen molar-refractivity contribution in [3.63, 3.8) is 0 Å². The van der Waals surface area contributed by atoms with Gasteiger partial charge >= 0.3 is 5.97 Å². The van der Waals surface area contributed by atoms with Crippen LogP contribution >= 0.6 is 0 Å². The van der Waals surface area contributed by atoms with Crippen LogP contribution in [0, 0.1) is 0 Å². The molecule has 24 heavy (non-hydrogen) atoms. The summed E-state index contributed by atoms with van der Waals surface area (Å²) in [7, 11) is 0. The van der Waals surface area contributed by atoms with Gasteiger partial charge in [-0.3, -0.25) is 4.79 Å². The molecule has 118 valence electrons. The third kappa shape index (κ3) is 3.87. The van der Waals surface area contributed by atoms with Crippen LogP contribution in [0.15, 0.2) is 83.5 Å². The normalized spacial score (nSPS) is 10.7. The fraction of sp³-hybridized carbons (Fsp3) is 0. The van der Waals surface area contributed by atoms with Gasteiger partial charge in [0.2, 0.25) is 5.76 Å². The molecule has 0 aliphatic carbocycles. The lowest BCUT2D eigenvalue weighted by Crippen LogP contribution is -2.07. The summed E-state index contributed by atoms with van der Waals surface area (Å²) < 4.78 is 10.2. The number of ketones is 1. The van der Waals surface area contributed by atoms with Crippen LogP contribution in [0.4, 0.5) is 0 Å². The number of carbonyl (C=O) groups excluding carboxylic acids is 2. The van der Waals surface area contributed by atoms with Gasteiger partial charge in [0.05, 0.1) is 6.26 Å². The van der Waals surface area contributed by atoms with Gasteiger partial charge < -0.3 is 9.15 Å². The largest absolute Gasteiger partial charge is 0.457 e. The zero-order valence-electron chi connectivity index (χ0n) is 12.7. The monoisotopic (exact) mass is 318 g/mol. The van der Waals surface area contributed by atoms with Crippen LogP contribution in [-0.2, 0) is 0 Å². The minimum absolute atomic E-state index is 0.0893. The second-order valence-corrected chi connectivity index (χ2v) is 5.00. The molecule has 0 radical (unpaired) electrons. The van der Waals surface area contributed by atoms with Crippen molar-refractivity contribution in [2.75, 3.05) is 0 Å². The molecule has 0 N–H and O–H groups in total. The molecular weight excluding hydrogens is 304 g/mol. The highest BCUT2D eigenvalue weighted by molar-refractivity contribution is 6.06. The molecule has 0 saturated heterocycles. The van der Waals surface area contributed by atoms with E-state index in [1.807, 2.05) is 24.3 Å². The highest BCUT2D eigenvalue weighted by Gasteiger charge is 2.11. The Labute approximate surface area is 139 Å². The van der Waals surface area contributed by atoms with Crippen LogP contribution in [-0.4, -0.2) is 11.8 Å². The van der Waals surface area contributed by atoms with Crippen molar-refractivity contribution in [3.8, 4) is 5.75 Å². The SMILES string of the molecule is O=C(C=Cc1cccc(OC(=O)c2ccco2)c1)c1ccccc1. The van der Waals surface area contributed by atoms with Crippen LogP contribution in [0.1, 0.15) is 26.5 Å².